The van der Waals surface area contributed by atoms with Crippen molar-refractivity contribution in [2.75, 3.05) is 6.61 Å². The lowest BCUT2D eigenvalue weighted by Crippen LogP contribution is -2.39. The van der Waals surface area contributed by atoms with Crippen LogP contribution in [0.4, 0.5) is 10.2 Å². The largest absolute Gasteiger partial charge is 0.331 e. The Labute approximate surface area is 180 Å². The molecule has 30 heavy (non-hydrogen) atoms. The Morgan fingerprint density at radius 2 is 1.83 bits per heavy atom. The van der Waals surface area contributed by atoms with Crippen molar-refractivity contribution < 1.29 is 8.91 Å². The summed E-state index contributed by atoms with van der Waals surface area (Å²) in [5.41, 5.74) is 2.14. The summed E-state index contributed by atoms with van der Waals surface area (Å²) in [5.74, 6) is 0.883. The molecule has 0 amide bonds. The SMILES string of the molecule is CCO[P@@]1(=S)c2c(C)nn(-c3ccccc3)c2N=C(c2ccccc2F)N1C1CC1. The van der Waals surface area contributed by atoms with Crippen LogP contribution in [-0.4, -0.2) is 32.9 Å². The number of aliphatic imine (C=N–C) groups is 1. The standard InChI is InChI=1S/C22H22FN4OPS/c1-3-28-29(30)20-15(2)25-26(16-9-5-4-6-10-16)22(20)24-21(27(29)17-13-14-17)18-11-7-8-12-19(18)23/h4-12,17H,3,13-14H2,1-2H3/t29-/m1/s1. The second kappa shape index (κ2) is 7.41. The lowest BCUT2D eigenvalue weighted by Gasteiger charge is -2.39. The van der Waals surface area contributed by atoms with E-state index in [0.29, 0.717) is 23.8 Å². The second-order valence-corrected chi connectivity index (χ2v) is 11.1. The molecule has 154 valence electrons. The molecule has 0 saturated heterocycles. The van der Waals surface area contributed by atoms with Crippen molar-refractivity contribution in [3.63, 3.8) is 0 Å². The monoisotopic (exact) mass is 440 g/mol. The van der Waals surface area contributed by atoms with Gasteiger partial charge in [-0.25, -0.2) is 14.1 Å². The van der Waals surface area contributed by atoms with Crippen LogP contribution < -0.4 is 5.30 Å². The number of amidine groups is 1. The summed E-state index contributed by atoms with van der Waals surface area (Å²) in [4.78, 5) is 4.98. The summed E-state index contributed by atoms with van der Waals surface area (Å²) in [6, 6.07) is 16.8. The lowest BCUT2D eigenvalue weighted by molar-refractivity contribution is 0.354. The Balaban J connectivity index is 1.82. The molecular weight excluding hydrogens is 418 g/mol. The summed E-state index contributed by atoms with van der Waals surface area (Å²) < 4.78 is 25.1. The van der Waals surface area contributed by atoms with Crippen molar-refractivity contribution in [1.82, 2.24) is 14.5 Å². The van der Waals surface area contributed by atoms with Gasteiger partial charge < -0.3 is 9.19 Å². The first-order chi connectivity index (χ1) is 14.5. The summed E-state index contributed by atoms with van der Waals surface area (Å²) in [6.07, 6.45) is -0.700. The summed E-state index contributed by atoms with van der Waals surface area (Å²) in [7, 11) is 0. The number of aromatic nitrogens is 2. The number of para-hydroxylation sites is 1. The molecule has 1 aliphatic carbocycles. The highest BCUT2D eigenvalue weighted by molar-refractivity contribution is 8.15. The molecule has 5 nitrogen and oxygen atoms in total. The van der Waals surface area contributed by atoms with Crippen LogP contribution in [0.25, 0.3) is 5.69 Å². The first kappa shape index (κ1) is 19.6. The fourth-order valence-corrected chi connectivity index (χ4v) is 8.23. The van der Waals surface area contributed by atoms with Gasteiger partial charge in [0.1, 0.15) is 11.7 Å². The first-order valence-corrected chi connectivity index (χ1v) is 12.8. The lowest BCUT2D eigenvalue weighted by atomic mass is 10.2. The van der Waals surface area contributed by atoms with E-state index in [0.717, 1.165) is 29.5 Å². The molecule has 0 radical (unpaired) electrons. The van der Waals surface area contributed by atoms with Gasteiger partial charge in [0.15, 0.2) is 12.2 Å². The molecular formula is C22H22FN4OPS. The predicted octanol–water partition coefficient (Wildman–Crippen LogP) is 4.85. The quantitative estimate of drug-likeness (QED) is 0.532. The molecule has 2 heterocycles. The van der Waals surface area contributed by atoms with E-state index in [-0.39, 0.29) is 11.9 Å². The van der Waals surface area contributed by atoms with Crippen molar-refractivity contribution >= 4 is 35.2 Å². The number of hydrogen-bond donors (Lipinski definition) is 0. The molecule has 1 fully saturated rings. The molecule has 5 rings (SSSR count). The Bertz CT molecular complexity index is 1190. The average molecular weight is 440 g/mol. The van der Waals surface area contributed by atoms with Crippen molar-refractivity contribution in [1.29, 1.82) is 0 Å². The Kier molecular flexibility index (Phi) is 4.85. The van der Waals surface area contributed by atoms with Crippen LogP contribution in [0.2, 0.25) is 0 Å². The minimum Gasteiger partial charge on any atom is -0.331 e. The molecule has 8 heteroatoms. The molecule has 0 bridgehead atoms. The molecule has 1 atom stereocenters. The van der Waals surface area contributed by atoms with Crippen LogP contribution in [-0.2, 0) is 16.3 Å². The van der Waals surface area contributed by atoms with Crippen molar-refractivity contribution in [3.8, 4) is 5.69 Å². The van der Waals surface area contributed by atoms with Gasteiger partial charge in [0.05, 0.1) is 28.9 Å². The van der Waals surface area contributed by atoms with Gasteiger partial charge in [-0.3, -0.25) is 0 Å². The second-order valence-electron chi connectivity index (χ2n) is 7.43. The topological polar surface area (TPSA) is 42.6 Å². The molecule has 1 saturated carbocycles. The Hall–Kier alpha value is -2.34. The van der Waals surface area contributed by atoms with Crippen LogP contribution >= 0.6 is 6.42 Å². The van der Waals surface area contributed by atoms with Gasteiger partial charge in [-0.2, -0.15) is 5.10 Å². The molecule has 0 N–H and O–H groups in total. The third kappa shape index (κ3) is 3.04. The van der Waals surface area contributed by atoms with Gasteiger partial charge in [-0.15, -0.1) is 0 Å². The van der Waals surface area contributed by atoms with Crippen LogP contribution in [0.1, 0.15) is 31.0 Å². The van der Waals surface area contributed by atoms with E-state index < -0.39 is 6.42 Å². The number of aryl methyl sites for hydroxylation is 1. The van der Waals surface area contributed by atoms with Crippen LogP contribution in [0.5, 0.6) is 0 Å². The zero-order valence-corrected chi connectivity index (χ0v) is 18.5. The molecule has 1 aliphatic heterocycles. The number of rotatable bonds is 5. The maximum atomic E-state index is 14.9. The molecule has 0 unspecified atom stereocenters. The van der Waals surface area contributed by atoms with Crippen LogP contribution in [0.15, 0.2) is 59.6 Å². The number of nitrogens with zero attached hydrogens (tertiary/aromatic N) is 4. The number of hydrogen-bond acceptors (Lipinski definition) is 4. The van der Waals surface area contributed by atoms with Gasteiger partial charge >= 0.3 is 0 Å². The zero-order valence-electron chi connectivity index (χ0n) is 16.8. The minimum absolute atomic E-state index is 0.216. The van der Waals surface area contributed by atoms with Gasteiger partial charge in [0.2, 0.25) is 0 Å². The van der Waals surface area contributed by atoms with E-state index in [1.54, 1.807) is 16.8 Å². The summed E-state index contributed by atoms with van der Waals surface area (Å²) in [5, 5.41) is 5.65. The first-order valence-electron chi connectivity index (χ1n) is 10.1. The molecule has 2 aromatic carbocycles. The van der Waals surface area contributed by atoms with E-state index >= 15 is 0 Å². The van der Waals surface area contributed by atoms with E-state index in [4.69, 9.17) is 26.4 Å². The Morgan fingerprint density at radius 3 is 2.50 bits per heavy atom. The van der Waals surface area contributed by atoms with Gasteiger partial charge in [0.25, 0.3) is 0 Å². The fourth-order valence-electron chi connectivity index (χ4n) is 3.91. The normalized spacial score (nSPS) is 20.8. The van der Waals surface area contributed by atoms with Gasteiger partial charge in [0, 0.05) is 6.04 Å². The molecule has 3 aromatic rings. The summed E-state index contributed by atoms with van der Waals surface area (Å²) >= 11 is 6.27. The van der Waals surface area contributed by atoms with Gasteiger partial charge in [-0.1, -0.05) is 30.3 Å². The summed E-state index contributed by atoms with van der Waals surface area (Å²) in [6.45, 7) is 4.37. The smallest absolute Gasteiger partial charge is 0.193 e. The molecule has 1 aromatic heterocycles. The van der Waals surface area contributed by atoms with Crippen molar-refractivity contribution in [2.45, 2.75) is 32.7 Å². The highest BCUT2D eigenvalue weighted by Gasteiger charge is 2.48. The van der Waals surface area contributed by atoms with Crippen LogP contribution in [0.3, 0.4) is 0 Å². The average Bonchev–Trinajstić information content (AvgIpc) is 3.51. The Morgan fingerprint density at radius 1 is 1.13 bits per heavy atom. The number of benzene rings is 2. The van der Waals surface area contributed by atoms with Crippen molar-refractivity contribution in [3.05, 3.63) is 71.7 Å². The fraction of sp³-hybridized carbons (Fsp3) is 0.273. The number of halogens is 1. The third-order valence-electron chi connectivity index (χ3n) is 5.31. The maximum Gasteiger partial charge on any atom is 0.193 e. The zero-order chi connectivity index (χ0) is 20.9. The minimum atomic E-state index is -2.70. The molecule has 2 aliphatic rings. The van der Waals surface area contributed by atoms with E-state index in [1.165, 1.54) is 6.07 Å². The molecule has 0 spiro atoms. The number of fused-ring (bicyclic) bond motifs is 1. The van der Waals surface area contributed by atoms with E-state index in [1.807, 2.05) is 50.2 Å². The highest BCUT2D eigenvalue weighted by Crippen LogP contribution is 2.60. The maximum absolute atomic E-state index is 14.9. The van der Waals surface area contributed by atoms with Gasteiger partial charge in [-0.05, 0) is 62.8 Å². The third-order valence-corrected chi connectivity index (χ3v) is 9.48. The predicted molar refractivity (Wildman–Crippen MR) is 121 cm³/mol. The van der Waals surface area contributed by atoms with Crippen LogP contribution in [0, 0.1) is 12.7 Å². The van der Waals surface area contributed by atoms with E-state index in [9.17, 15) is 4.39 Å². The highest BCUT2D eigenvalue weighted by atomic mass is 32.4. The van der Waals surface area contributed by atoms with Crippen molar-refractivity contribution in [2.24, 2.45) is 4.99 Å². The van der Waals surface area contributed by atoms with E-state index in [2.05, 4.69) is 4.67 Å².